The summed E-state index contributed by atoms with van der Waals surface area (Å²) < 4.78 is 11.5. The number of ketones is 1. The fourth-order valence-electron chi connectivity index (χ4n) is 9.94. The number of esters is 1. The second kappa shape index (κ2) is 12.9. The Balaban J connectivity index is 1.37. The monoisotopic (exact) mass is 616 g/mol. The van der Waals surface area contributed by atoms with Gasteiger partial charge in [0.2, 0.25) is 5.91 Å². The topological polar surface area (TPSA) is 111 Å². The van der Waals surface area contributed by atoms with Crippen molar-refractivity contribution < 1.29 is 28.7 Å². The first-order chi connectivity index (χ1) is 20.4. The number of carbonyl (C=O) groups is 4. The highest BCUT2D eigenvalue weighted by Crippen LogP contribution is 2.67. The van der Waals surface area contributed by atoms with Crippen LogP contribution in [0.2, 0.25) is 0 Å². The molecule has 0 aliphatic heterocycles. The van der Waals surface area contributed by atoms with Crippen molar-refractivity contribution in [1.82, 2.24) is 10.6 Å². The average molecular weight is 617 g/mol. The molecule has 0 bridgehead atoms. The van der Waals surface area contributed by atoms with E-state index in [9.17, 15) is 19.2 Å². The molecule has 0 radical (unpaired) electrons. The number of ether oxygens (including phenoxy) is 2. The zero-order valence-electron chi connectivity index (χ0n) is 29.1. The number of amides is 2. The molecule has 2 N–H and O–H groups in total. The van der Waals surface area contributed by atoms with Crippen LogP contribution in [0.25, 0.3) is 0 Å². The molecule has 8 heteroatoms. The highest BCUT2D eigenvalue weighted by atomic mass is 16.6. The summed E-state index contributed by atoms with van der Waals surface area (Å²) in [4.78, 5) is 51.8. The van der Waals surface area contributed by atoms with E-state index in [1.165, 1.54) is 19.3 Å². The molecule has 0 spiro atoms. The summed E-state index contributed by atoms with van der Waals surface area (Å²) in [5, 5.41) is 5.56. The van der Waals surface area contributed by atoms with Crippen molar-refractivity contribution in [2.75, 3.05) is 0 Å². The first-order valence-electron chi connectivity index (χ1n) is 17.4. The summed E-state index contributed by atoms with van der Waals surface area (Å²) >= 11 is 0. The Labute approximate surface area is 265 Å². The van der Waals surface area contributed by atoms with Crippen LogP contribution in [0.4, 0.5) is 4.79 Å². The third kappa shape index (κ3) is 6.99. The van der Waals surface area contributed by atoms with E-state index >= 15 is 0 Å². The van der Waals surface area contributed by atoms with Gasteiger partial charge in [0.25, 0.3) is 0 Å². The molecule has 0 aromatic carbocycles. The minimum Gasteiger partial charge on any atom is -0.461 e. The second-order valence-electron chi connectivity index (χ2n) is 16.9. The lowest BCUT2D eigenvalue weighted by Crippen LogP contribution is -2.56. The Kier molecular flexibility index (Phi) is 10.2. The molecule has 2 amide bonds. The van der Waals surface area contributed by atoms with Crippen molar-refractivity contribution >= 4 is 23.8 Å². The highest BCUT2D eigenvalue weighted by Gasteiger charge is 2.61. The van der Waals surface area contributed by atoms with Crippen molar-refractivity contribution in [1.29, 1.82) is 0 Å². The van der Waals surface area contributed by atoms with E-state index in [0.717, 1.165) is 38.5 Å². The van der Waals surface area contributed by atoms with Crippen LogP contribution < -0.4 is 10.6 Å². The number of Topliss-reactive ketones (excluding diaryl/α,β-unsaturated/α-hetero) is 1. The quantitative estimate of drug-likeness (QED) is 0.289. The van der Waals surface area contributed by atoms with Gasteiger partial charge in [-0.25, -0.2) is 9.59 Å². The zero-order chi connectivity index (χ0) is 32.8. The summed E-state index contributed by atoms with van der Waals surface area (Å²) in [6.45, 7) is 19.5. The molecule has 4 aliphatic carbocycles. The molecule has 1 unspecified atom stereocenters. The lowest BCUT2D eigenvalue weighted by molar-refractivity contribution is -0.166. The fourth-order valence-corrected chi connectivity index (χ4v) is 9.94. The normalized spacial score (nSPS) is 36.4. The van der Waals surface area contributed by atoms with Crippen molar-refractivity contribution in [2.45, 2.75) is 151 Å². The number of hydrogen-bond acceptors (Lipinski definition) is 6. The minimum absolute atomic E-state index is 0.154. The minimum atomic E-state index is -0.840. The summed E-state index contributed by atoms with van der Waals surface area (Å²) in [5.41, 5.74) is -0.282. The Morgan fingerprint density at radius 2 is 1.39 bits per heavy atom. The number of rotatable bonds is 8. The molecule has 8 nitrogen and oxygen atoms in total. The Morgan fingerprint density at radius 1 is 0.773 bits per heavy atom. The molecule has 0 heterocycles. The first kappa shape index (κ1) is 34.7. The maximum Gasteiger partial charge on any atom is 0.408 e. The third-order valence-corrected chi connectivity index (χ3v) is 12.2. The molecule has 10 atom stereocenters. The summed E-state index contributed by atoms with van der Waals surface area (Å²) in [6.07, 6.45) is 8.91. The number of alkyl carbamates (subject to hydrolysis) is 1. The second-order valence-corrected chi connectivity index (χ2v) is 16.9. The van der Waals surface area contributed by atoms with E-state index in [1.54, 1.807) is 27.7 Å². The fraction of sp³-hybridized carbons (Fsp3) is 0.889. The van der Waals surface area contributed by atoms with Crippen LogP contribution in [0.1, 0.15) is 127 Å². The van der Waals surface area contributed by atoms with Crippen molar-refractivity contribution in [3.63, 3.8) is 0 Å². The van der Waals surface area contributed by atoms with Crippen LogP contribution in [-0.2, 0) is 23.9 Å². The van der Waals surface area contributed by atoms with Gasteiger partial charge in [-0.1, -0.05) is 41.5 Å². The van der Waals surface area contributed by atoms with Gasteiger partial charge < -0.3 is 20.1 Å². The summed E-state index contributed by atoms with van der Waals surface area (Å²) in [5.74, 6) is 1.96. The van der Waals surface area contributed by atoms with Gasteiger partial charge in [0.15, 0.2) is 0 Å². The molecule has 250 valence electrons. The number of fused-ring (bicyclic) bond motifs is 5. The van der Waals surface area contributed by atoms with Crippen molar-refractivity contribution in [3.8, 4) is 0 Å². The van der Waals surface area contributed by atoms with Crippen LogP contribution in [-0.4, -0.2) is 47.5 Å². The lowest BCUT2D eigenvalue weighted by atomic mass is 9.44. The van der Waals surface area contributed by atoms with Gasteiger partial charge in [-0.3, -0.25) is 9.59 Å². The first-order valence-corrected chi connectivity index (χ1v) is 17.4. The maximum atomic E-state index is 13.5. The van der Waals surface area contributed by atoms with Crippen LogP contribution >= 0.6 is 0 Å². The molecular weight excluding hydrogens is 556 g/mol. The van der Waals surface area contributed by atoms with Gasteiger partial charge in [0, 0.05) is 5.92 Å². The molecule has 4 fully saturated rings. The predicted octanol–water partition coefficient (Wildman–Crippen LogP) is 6.84. The molecule has 4 aliphatic rings. The molecule has 4 saturated carbocycles. The molecule has 0 aromatic rings. The Morgan fingerprint density at radius 3 is 1.98 bits per heavy atom. The standard InChI is InChI=1S/C36H60N2O6/c1-20(2)29(38-33(42)44-34(6,7)8)31(40)37-30(21(3)4)32(41)43-24-15-17-35(9)23(19-24)11-12-25-27-14-13-26(22(5)39)36(27,10)18-16-28(25)35/h20-21,23-30H,11-19H2,1-10H3,(H,37,40)(H,38,42)/t23?,24-,25+,26-,27+,28+,29+,30+,35+,36-/m1/s1. The number of hydrogen-bond donors (Lipinski definition) is 2. The van der Waals surface area contributed by atoms with E-state index in [2.05, 4.69) is 24.5 Å². The molecule has 4 rings (SSSR count). The zero-order valence-corrected chi connectivity index (χ0v) is 29.1. The maximum absolute atomic E-state index is 13.5. The van der Waals surface area contributed by atoms with Crippen LogP contribution in [0, 0.1) is 52.3 Å². The van der Waals surface area contributed by atoms with Gasteiger partial charge in [0.05, 0.1) is 0 Å². The Bertz CT molecular complexity index is 1100. The average Bonchev–Trinajstić information content (AvgIpc) is 3.26. The van der Waals surface area contributed by atoms with Gasteiger partial charge in [-0.15, -0.1) is 0 Å². The van der Waals surface area contributed by atoms with Crippen LogP contribution in [0.15, 0.2) is 0 Å². The third-order valence-electron chi connectivity index (χ3n) is 12.2. The van der Waals surface area contributed by atoms with Gasteiger partial charge >= 0.3 is 12.1 Å². The Hall–Kier alpha value is -2.12. The molecular formula is C36H60N2O6. The summed E-state index contributed by atoms with van der Waals surface area (Å²) in [7, 11) is 0. The molecule has 44 heavy (non-hydrogen) atoms. The van der Waals surface area contributed by atoms with E-state index in [0.29, 0.717) is 29.5 Å². The largest absolute Gasteiger partial charge is 0.461 e. The van der Waals surface area contributed by atoms with E-state index in [-0.39, 0.29) is 34.7 Å². The van der Waals surface area contributed by atoms with Crippen molar-refractivity contribution in [3.05, 3.63) is 0 Å². The lowest BCUT2D eigenvalue weighted by Gasteiger charge is -2.61. The molecule has 0 saturated heterocycles. The van der Waals surface area contributed by atoms with E-state index in [1.807, 2.05) is 27.7 Å². The van der Waals surface area contributed by atoms with Gasteiger partial charge in [-0.05, 0) is 132 Å². The van der Waals surface area contributed by atoms with E-state index < -0.39 is 35.7 Å². The van der Waals surface area contributed by atoms with Gasteiger partial charge in [-0.2, -0.15) is 0 Å². The number of carbonyl (C=O) groups excluding carboxylic acids is 4. The SMILES string of the molecule is CC(=O)[C@H]1CC[C@H]2[C@@H]3CCC4C[C@H](OC(=O)[C@@H](NC(=O)[C@@H](NC(=O)OC(C)(C)C)C(C)C)C(C)C)CC[C@]4(C)[C@H]3CC[C@]12C. The van der Waals surface area contributed by atoms with Crippen molar-refractivity contribution in [2.24, 2.45) is 52.3 Å². The van der Waals surface area contributed by atoms with Gasteiger partial charge in [0.1, 0.15) is 29.6 Å². The van der Waals surface area contributed by atoms with Crippen LogP contribution in [0.3, 0.4) is 0 Å². The van der Waals surface area contributed by atoms with E-state index in [4.69, 9.17) is 9.47 Å². The summed E-state index contributed by atoms with van der Waals surface area (Å²) in [6, 6.07) is -1.65. The number of nitrogens with one attached hydrogen (secondary N) is 2. The highest BCUT2D eigenvalue weighted by molar-refractivity contribution is 5.90. The predicted molar refractivity (Wildman–Crippen MR) is 171 cm³/mol. The van der Waals surface area contributed by atoms with Crippen LogP contribution in [0.5, 0.6) is 0 Å². The molecule has 0 aromatic heterocycles. The smallest absolute Gasteiger partial charge is 0.408 e.